The second kappa shape index (κ2) is 9.66. The molecule has 0 unspecified atom stereocenters. The molecule has 0 saturated heterocycles. The second-order valence-corrected chi connectivity index (χ2v) is 9.24. The molecular weight excluding hydrogens is 412 g/mol. The molecule has 162 valence electrons. The standard InChI is InChI=1S/C24H26N2O4S/c1-18-4-6-20(7-5-18)17-26(31(3,28)29)22-12-10-21(11-13-22)24(27)25-16-19-8-14-23(30-2)15-9-19/h4-15H,16-17H2,1-3H3,(H,25,27). The van der Waals surface area contributed by atoms with Crippen molar-refractivity contribution in [3.05, 3.63) is 95.1 Å². The lowest BCUT2D eigenvalue weighted by molar-refractivity contribution is 0.0951. The van der Waals surface area contributed by atoms with E-state index in [1.54, 1.807) is 31.4 Å². The van der Waals surface area contributed by atoms with E-state index in [4.69, 9.17) is 4.74 Å². The molecule has 3 aromatic carbocycles. The third kappa shape index (κ3) is 6.08. The molecule has 0 aromatic heterocycles. The predicted octanol–water partition coefficient (Wildman–Crippen LogP) is 3.90. The number of rotatable bonds is 8. The Hall–Kier alpha value is -3.32. The maximum atomic E-state index is 12.5. The van der Waals surface area contributed by atoms with Gasteiger partial charge in [0, 0.05) is 12.1 Å². The van der Waals surface area contributed by atoms with Crippen molar-refractivity contribution in [3.63, 3.8) is 0 Å². The van der Waals surface area contributed by atoms with Gasteiger partial charge in [-0.3, -0.25) is 9.10 Å². The summed E-state index contributed by atoms with van der Waals surface area (Å²) < 4.78 is 31.2. The Balaban J connectivity index is 1.69. The summed E-state index contributed by atoms with van der Waals surface area (Å²) in [6.45, 7) is 2.59. The molecule has 7 heteroatoms. The zero-order chi connectivity index (χ0) is 22.4. The molecule has 0 saturated carbocycles. The molecule has 6 nitrogen and oxygen atoms in total. The van der Waals surface area contributed by atoms with E-state index in [1.165, 1.54) is 10.6 Å². The van der Waals surface area contributed by atoms with Crippen molar-refractivity contribution >= 4 is 21.6 Å². The highest BCUT2D eigenvalue weighted by Crippen LogP contribution is 2.21. The number of aryl methyl sites for hydroxylation is 1. The van der Waals surface area contributed by atoms with Crippen LogP contribution in [0.1, 0.15) is 27.0 Å². The smallest absolute Gasteiger partial charge is 0.251 e. The summed E-state index contributed by atoms with van der Waals surface area (Å²) in [4.78, 5) is 12.5. The lowest BCUT2D eigenvalue weighted by atomic mass is 10.1. The van der Waals surface area contributed by atoms with Crippen LogP contribution in [0, 0.1) is 6.92 Å². The third-order valence-electron chi connectivity index (χ3n) is 4.88. The van der Waals surface area contributed by atoms with Gasteiger partial charge in [0.25, 0.3) is 5.91 Å². The highest BCUT2D eigenvalue weighted by atomic mass is 32.2. The van der Waals surface area contributed by atoms with Crippen LogP contribution in [0.25, 0.3) is 0 Å². The summed E-state index contributed by atoms with van der Waals surface area (Å²) in [6.07, 6.45) is 1.18. The fourth-order valence-electron chi connectivity index (χ4n) is 3.07. The molecule has 0 atom stereocenters. The lowest BCUT2D eigenvalue weighted by Crippen LogP contribution is -2.29. The van der Waals surface area contributed by atoms with Crippen molar-refractivity contribution in [2.24, 2.45) is 0 Å². The van der Waals surface area contributed by atoms with Crippen molar-refractivity contribution < 1.29 is 17.9 Å². The van der Waals surface area contributed by atoms with Crippen molar-refractivity contribution in [2.45, 2.75) is 20.0 Å². The number of anilines is 1. The van der Waals surface area contributed by atoms with E-state index in [9.17, 15) is 13.2 Å². The number of nitrogens with zero attached hydrogens (tertiary/aromatic N) is 1. The SMILES string of the molecule is COc1ccc(CNC(=O)c2ccc(N(Cc3ccc(C)cc3)S(C)(=O)=O)cc2)cc1. The Bertz CT molecular complexity index is 1120. The number of carbonyl (C=O) groups excluding carboxylic acids is 1. The molecule has 3 rings (SSSR count). The van der Waals surface area contributed by atoms with Gasteiger partial charge in [-0.2, -0.15) is 0 Å². The molecule has 1 amide bonds. The summed E-state index contributed by atoms with van der Waals surface area (Å²) in [5, 5.41) is 2.87. The summed E-state index contributed by atoms with van der Waals surface area (Å²) in [7, 11) is -1.89. The highest BCUT2D eigenvalue weighted by Gasteiger charge is 2.18. The number of hydrogen-bond acceptors (Lipinski definition) is 4. The van der Waals surface area contributed by atoms with Gasteiger partial charge in [-0.1, -0.05) is 42.0 Å². The number of sulfonamides is 1. The van der Waals surface area contributed by atoms with Crippen molar-refractivity contribution in [1.82, 2.24) is 5.32 Å². The Morgan fingerprint density at radius 1 is 0.903 bits per heavy atom. The van der Waals surface area contributed by atoms with E-state index in [2.05, 4.69) is 5.32 Å². The van der Waals surface area contributed by atoms with Gasteiger partial charge in [-0.05, 0) is 54.4 Å². The van der Waals surface area contributed by atoms with E-state index in [0.29, 0.717) is 17.8 Å². The molecule has 1 N–H and O–H groups in total. The summed E-state index contributed by atoms with van der Waals surface area (Å²) in [5.74, 6) is 0.526. The van der Waals surface area contributed by atoms with Crippen LogP contribution in [0.15, 0.2) is 72.8 Å². The average molecular weight is 439 g/mol. The largest absolute Gasteiger partial charge is 0.497 e. The topological polar surface area (TPSA) is 75.7 Å². The molecule has 0 spiro atoms. The van der Waals surface area contributed by atoms with E-state index in [0.717, 1.165) is 22.4 Å². The molecular formula is C24H26N2O4S. The highest BCUT2D eigenvalue weighted by molar-refractivity contribution is 7.92. The number of carbonyl (C=O) groups is 1. The number of nitrogens with one attached hydrogen (secondary N) is 1. The second-order valence-electron chi connectivity index (χ2n) is 7.33. The average Bonchev–Trinajstić information content (AvgIpc) is 2.77. The monoisotopic (exact) mass is 438 g/mol. The van der Waals surface area contributed by atoms with Crippen LogP contribution in [0.5, 0.6) is 5.75 Å². The first-order chi connectivity index (χ1) is 14.8. The first-order valence-electron chi connectivity index (χ1n) is 9.81. The van der Waals surface area contributed by atoms with Gasteiger partial charge in [0.1, 0.15) is 5.75 Å². The minimum absolute atomic E-state index is 0.224. The predicted molar refractivity (Wildman–Crippen MR) is 123 cm³/mol. The van der Waals surface area contributed by atoms with E-state index in [1.807, 2.05) is 55.5 Å². The van der Waals surface area contributed by atoms with Crippen LogP contribution >= 0.6 is 0 Å². The van der Waals surface area contributed by atoms with Gasteiger partial charge >= 0.3 is 0 Å². The number of ether oxygens (including phenoxy) is 1. The molecule has 0 bridgehead atoms. The van der Waals surface area contributed by atoms with Gasteiger partial charge in [-0.15, -0.1) is 0 Å². The first kappa shape index (κ1) is 22.4. The van der Waals surface area contributed by atoms with E-state index >= 15 is 0 Å². The molecule has 0 heterocycles. The Morgan fingerprint density at radius 2 is 1.48 bits per heavy atom. The van der Waals surface area contributed by atoms with Crippen LogP contribution in [0.3, 0.4) is 0 Å². The van der Waals surface area contributed by atoms with Crippen molar-refractivity contribution in [1.29, 1.82) is 0 Å². The molecule has 0 aliphatic heterocycles. The van der Waals surface area contributed by atoms with Crippen LogP contribution in [-0.2, 0) is 23.1 Å². The van der Waals surface area contributed by atoms with E-state index in [-0.39, 0.29) is 12.5 Å². The summed E-state index contributed by atoms with van der Waals surface area (Å²) >= 11 is 0. The number of hydrogen-bond donors (Lipinski definition) is 1. The maximum Gasteiger partial charge on any atom is 0.251 e. The zero-order valence-electron chi connectivity index (χ0n) is 17.8. The zero-order valence-corrected chi connectivity index (χ0v) is 18.6. The molecule has 31 heavy (non-hydrogen) atoms. The van der Waals surface area contributed by atoms with Gasteiger partial charge < -0.3 is 10.1 Å². The first-order valence-corrected chi connectivity index (χ1v) is 11.7. The maximum absolute atomic E-state index is 12.5. The minimum Gasteiger partial charge on any atom is -0.497 e. The molecule has 3 aromatic rings. The summed E-state index contributed by atoms with van der Waals surface area (Å²) in [6, 6.07) is 21.7. The normalized spacial score (nSPS) is 11.1. The number of amides is 1. The number of methoxy groups -OCH3 is 1. The lowest BCUT2D eigenvalue weighted by Gasteiger charge is -2.23. The van der Waals surface area contributed by atoms with Gasteiger partial charge in [0.2, 0.25) is 10.0 Å². The molecule has 0 aliphatic carbocycles. The third-order valence-corrected chi connectivity index (χ3v) is 6.02. The molecule has 0 fully saturated rings. The Kier molecular flexibility index (Phi) is 6.97. The fraction of sp³-hybridized carbons (Fsp3) is 0.208. The van der Waals surface area contributed by atoms with Crippen LogP contribution in [-0.4, -0.2) is 27.7 Å². The Morgan fingerprint density at radius 3 is 2.03 bits per heavy atom. The van der Waals surface area contributed by atoms with Crippen molar-refractivity contribution in [2.75, 3.05) is 17.7 Å². The molecule has 0 radical (unpaired) electrons. The van der Waals surface area contributed by atoms with E-state index < -0.39 is 10.0 Å². The number of benzene rings is 3. The van der Waals surface area contributed by atoms with Crippen LogP contribution in [0.4, 0.5) is 5.69 Å². The Labute approximate surface area is 183 Å². The minimum atomic E-state index is -3.49. The van der Waals surface area contributed by atoms with Gasteiger partial charge in [0.05, 0.1) is 25.6 Å². The van der Waals surface area contributed by atoms with Crippen LogP contribution < -0.4 is 14.4 Å². The quantitative estimate of drug-likeness (QED) is 0.579. The van der Waals surface area contributed by atoms with Gasteiger partial charge in [0.15, 0.2) is 0 Å². The van der Waals surface area contributed by atoms with Crippen LogP contribution in [0.2, 0.25) is 0 Å². The van der Waals surface area contributed by atoms with Crippen molar-refractivity contribution in [3.8, 4) is 5.75 Å². The molecule has 0 aliphatic rings. The summed E-state index contributed by atoms with van der Waals surface area (Å²) in [5.41, 5.74) is 3.92. The van der Waals surface area contributed by atoms with Gasteiger partial charge in [-0.25, -0.2) is 8.42 Å². The fourth-order valence-corrected chi connectivity index (χ4v) is 3.95.